The van der Waals surface area contributed by atoms with Gasteiger partial charge in [0.2, 0.25) is 0 Å². The van der Waals surface area contributed by atoms with Gasteiger partial charge in [-0.15, -0.1) is 0 Å². The van der Waals surface area contributed by atoms with Crippen molar-refractivity contribution in [1.29, 1.82) is 0 Å². The van der Waals surface area contributed by atoms with E-state index in [2.05, 4.69) is 20.9 Å². The van der Waals surface area contributed by atoms with Crippen molar-refractivity contribution in [2.45, 2.75) is 6.54 Å². The Morgan fingerprint density at radius 2 is 2.14 bits per heavy atom. The number of nitrogens with zero attached hydrogens (tertiary/aromatic N) is 3. The van der Waals surface area contributed by atoms with E-state index >= 15 is 0 Å². The predicted molar refractivity (Wildman–Crippen MR) is 80.8 cm³/mol. The molecule has 1 aromatic heterocycles. The third-order valence-corrected chi connectivity index (χ3v) is 3.33. The number of rotatable bonds is 4. The number of aromatic nitrogens is 1. The van der Waals surface area contributed by atoms with Crippen LogP contribution in [-0.4, -0.2) is 27.8 Å². The van der Waals surface area contributed by atoms with Crippen LogP contribution >= 0.6 is 15.9 Å². The van der Waals surface area contributed by atoms with E-state index in [1.54, 1.807) is 31.3 Å². The van der Waals surface area contributed by atoms with Gasteiger partial charge in [-0.05, 0) is 33.6 Å². The Morgan fingerprint density at radius 3 is 2.76 bits per heavy atom. The second-order valence-corrected chi connectivity index (χ2v) is 5.27. The molecule has 0 fully saturated rings. The lowest BCUT2D eigenvalue weighted by Gasteiger charge is -2.17. The van der Waals surface area contributed by atoms with E-state index in [1.807, 2.05) is 0 Å². The minimum atomic E-state index is -0.454. The highest BCUT2D eigenvalue weighted by molar-refractivity contribution is 9.10. The summed E-state index contributed by atoms with van der Waals surface area (Å²) < 4.78 is 0.653. The van der Waals surface area contributed by atoms with Crippen molar-refractivity contribution in [2.75, 3.05) is 7.05 Å². The topological polar surface area (TPSA) is 76.3 Å². The first-order chi connectivity index (χ1) is 9.97. The number of benzene rings is 1. The highest BCUT2D eigenvalue weighted by Gasteiger charge is 2.14. The van der Waals surface area contributed by atoms with E-state index < -0.39 is 4.92 Å². The zero-order valence-electron chi connectivity index (χ0n) is 11.2. The van der Waals surface area contributed by atoms with Gasteiger partial charge in [-0.1, -0.05) is 12.1 Å². The zero-order valence-corrected chi connectivity index (χ0v) is 12.8. The number of nitro groups is 1. The molecule has 7 heteroatoms. The lowest BCUT2D eigenvalue weighted by Crippen LogP contribution is -2.26. The molecule has 0 aliphatic rings. The summed E-state index contributed by atoms with van der Waals surface area (Å²) in [6, 6.07) is 9.59. The van der Waals surface area contributed by atoms with Gasteiger partial charge in [-0.2, -0.15) is 0 Å². The predicted octanol–water partition coefficient (Wildman–Crippen LogP) is 3.02. The summed E-state index contributed by atoms with van der Waals surface area (Å²) in [5.74, 6) is -0.193. The summed E-state index contributed by atoms with van der Waals surface area (Å²) in [5.41, 5.74) is 1.18. The number of carbonyl (C=O) groups excluding carboxylic acids is 1. The van der Waals surface area contributed by atoms with Gasteiger partial charge in [0, 0.05) is 31.9 Å². The molecule has 6 nitrogen and oxygen atoms in total. The molecule has 0 atom stereocenters. The minimum absolute atomic E-state index is 0.0126. The number of carbonyl (C=O) groups is 1. The van der Waals surface area contributed by atoms with E-state index in [0.717, 1.165) is 0 Å². The van der Waals surface area contributed by atoms with E-state index in [4.69, 9.17) is 0 Å². The third kappa shape index (κ3) is 3.85. The van der Waals surface area contributed by atoms with Gasteiger partial charge in [0.25, 0.3) is 11.6 Å². The second-order valence-electron chi connectivity index (χ2n) is 4.46. The molecule has 0 unspecified atom stereocenters. The van der Waals surface area contributed by atoms with Gasteiger partial charge in [0.05, 0.1) is 10.5 Å². The van der Waals surface area contributed by atoms with Crippen LogP contribution in [0.4, 0.5) is 5.69 Å². The molecule has 0 N–H and O–H groups in total. The maximum atomic E-state index is 12.2. The monoisotopic (exact) mass is 349 g/mol. The molecule has 0 saturated heterocycles. The maximum Gasteiger partial charge on any atom is 0.269 e. The molecule has 0 aliphatic carbocycles. The summed E-state index contributed by atoms with van der Waals surface area (Å²) in [6.07, 6.45) is 1.48. The van der Waals surface area contributed by atoms with Crippen LogP contribution in [0.3, 0.4) is 0 Å². The second kappa shape index (κ2) is 6.45. The standard InChI is InChI=1S/C14H12BrN3O3/c1-17(14(19)11-5-6-13(15)16-8-11)9-10-3-2-4-12(7-10)18(20)21/h2-8H,9H2,1H3. The van der Waals surface area contributed by atoms with Crippen LogP contribution in [0.1, 0.15) is 15.9 Å². The molecular weight excluding hydrogens is 338 g/mol. The summed E-state index contributed by atoms with van der Waals surface area (Å²) >= 11 is 3.21. The molecule has 0 radical (unpaired) electrons. The average Bonchev–Trinajstić information content (AvgIpc) is 2.47. The molecule has 0 saturated carbocycles. The first-order valence-corrected chi connectivity index (χ1v) is 6.87. The summed E-state index contributed by atoms with van der Waals surface area (Å²) in [7, 11) is 1.64. The Bertz CT molecular complexity index is 673. The Kier molecular flexibility index (Phi) is 4.64. The fourth-order valence-corrected chi connectivity index (χ4v) is 2.07. The SMILES string of the molecule is CN(Cc1cccc([N+](=O)[O-])c1)C(=O)c1ccc(Br)nc1. The number of hydrogen-bond donors (Lipinski definition) is 0. The van der Waals surface area contributed by atoms with Crippen LogP contribution in [0.5, 0.6) is 0 Å². The normalized spacial score (nSPS) is 10.2. The van der Waals surface area contributed by atoms with Gasteiger partial charge in [-0.3, -0.25) is 14.9 Å². The number of nitro benzene ring substituents is 1. The molecule has 0 bridgehead atoms. The Hall–Kier alpha value is -2.28. The van der Waals surface area contributed by atoms with Crippen molar-refractivity contribution in [3.63, 3.8) is 0 Å². The lowest BCUT2D eigenvalue weighted by atomic mass is 10.2. The highest BCUT2D eigenvalue weighted by atomic mass is 79.9. The van der Waals surface area contributed by atoms with Crippen LogP contribution in [0.2, 0.25) is 0 Å². The molecule has 0 aliphatic heterocycles. The molecule has 21 heavy (non-hydrogen) atoms. The molecule has 108 valence electrons. The fraction of sp³-hybridized carbons (Fsp3) is 0.143. The number of hydrogen-bond acceptors (Lipinski definition) is 4. The smallest absolute Gasteiger partial charge is 0.269 e. The van der Waals surface area contributed by atoms with Gasteiger partial charge >= 0.3 is 0 Å². The van der Waals surface area contributed by atoms with E-state index in [9.17, 15) is 14.9 Å². The van der Waals surface area contributed by atoms with Crippen LogP contribution in [0.25, 0.3) is 0 Å². The number of halogens is 1. The first-order valence-electron chi connectivity index (χ1n) is 6.07. The highest BCUT2D eigenvalue weighted by Crippen LogP contribution is 2.15. The van der Waals surface area contributed by atoms with Crippen LogP contribution in [-0.2, 0) is 6.54 Å². The lowest BCUT2D eigenvalue weighted by molar-refractivity contribution is -0.384. The van der Waals surface area contributed by atoms with Crippen LogP contribution in [0, 0.1) is 10.1 Å². The quantitative estimate of drug-likeness (QED) is 0.483. The fourth-order valence-electron chi connectivity index (χ4n) is 1.84. The maximum absolute atomic E-state index is 12.2. The number of non-ortho nitro benzene ring substituents is 1. The van der Waals surface area contributed by atoms with E-state index in [1.165, 1.54) is 23.2 Å². The Balaban J connectivity index is 2.12. The number of amides is 1. The number of pyridine rings is 1. The van der Waals surface area contributed by atoms with Crippen LogP contribution < -0.4 is 0 Å². The third-order valence-electron chi connectivity index (χ3n) is 2.86. The molecule has 1 amide bonds. The molecule has 0 spiro atoms. The largest absolute Gasteiger partial charge is 0.337 e. The summed E-state index contributed by atoms with van der Waals surface area (Å²) in [6.45, 7) is 0.288. The molecule has 1 heterocycles. The van der Waals surface area contributed by atoms with Crippen molar-refractivity contribution in [3.05, 3.63) is 68.4 Å². The van der Waals surface area contributed by atoms with Crippen molar-refractivity contribution in [2.24, 2.45) is 0 Å². The Morgan fingerprint density at radius 1 is 1.38 bits per heavy atom. The van der Waals surface area contributed by atoms with Gasteiger partial charge < -0.3 is 4.90 Å². The molecule has 1 aromatic carbocycles. The average molecular weight is 350 g/mol. The minimum Gasteiger partial charge on any atom is -0.337 e. The summed E-state index contributed by atoms with van der Waals surface area (Å²) in [4.78, 5) is 28.0. The molecular formula is C14H12BrN3O3. The van der Waals surface area contributed by atoms with Crippen molar-refractivity contribution >= 4 is 27.5 Å². The first kappa shape index (κ1) is 15.1. The van der Waals surface area contributed by atoms with E-state index in [0.29, 0.717) is 15.7 Å². The van der Waals surface area contributed by atoms with Crippen molar-refractivity contribution in [1.82, 2.24) is 9.88 Å². The summed E-state index contributed by atoms with van der Waals surface area (Å²) in [5, 5.41) is 10.7. The zero-order chi connectivity index (χ0) is 15.4. The van der Waals surface area contributed by atoms with Gasteiger partial charge in [0.1, 0.15) is 4.60 Å². The van der Waals surface area contributed by atoms with Crippen molar-refractivity contribution in [3.8, 4) is 0 Å². The van der Waals surface area contributed by atoms with Crippen molar-refractivity contribution < 1.29 is 9.72 Å². The van der Waals surface area contributed by atoms with Gasteiger partial charge in [-0.25, -0.2) is 4.98 Å². The van der Waals surface area contributed by atoms with Crippen LogP contribution in [0.15, 0.2) is 47.2 Å². The van der Waals surface area contributed by atoms with Gasteiger partial charge in [0.15, 0.2) is 0 Å². The molecule has 2 aromatic rings. The Labute approximate surface area is 129 Å². The molecule has 2 rings (SSSR count). The van der Waals surface area contributed by atoms with E-state index in [-0.39, 0.29) is 18.1 Å².